The van der Waals surface area contributed by atoms with Gasteiger partial charge in [0.1, 0.15) is 0 Å². The van der Waals surface area contributed by atoms with Gasteiger partial charge in [0.25, 0.3) is 0 Å². The van der Waals surface area contributed by atoms with E-state index >= 15 is 0 Å². The normalized spacial score (nSPS) is 10.6. The molecule has 0 radical (unpaired) electrons. The highest BCUT2D eigenvalue weighted by molar-refractivity contribution is 5.79. The Kier molecular flexibility index (Phi) is 8.91. The van der Waals surface area contributed by atoms with Gasteiger partial charge in [0.15, 0.2) is 0 Å². The molecule has 0 heterocycles. The maximum Gasteiger partial charge on any atom is 0.226 e. The van der Waals surface area contributed by atoms with Crippen LogP contribution < -0.4 is 0 Å². The Bertz CT molecular complexity index is 706. The average Bonchev–Trinajstić information content (AvgIpc) is 2.73. The molecule has 0 atom stereocenters. The zero-order valence-corrected chi connectivity index (χ0v) is 18.3. The van der Waals surface area contributed by atoms with Crippen molar-refractivity contribution < 1.29 is 9.59 Å². The van der Waals surface area contributed by atoms with Crippen molar-refractivity contribution in [1.29, 1.82) is 0 Å². The molecular weight excluding hydrogens is 360 g/mol. The molecule has 4 nitrogen and oxygen atoms in total. The highest BCUT2D eigenvalue weighted by Crippen LogP contribution is 2.14. The maximum absolute atomic E-state index is 12.2. The number of hydrogen-bond acceptors (Lipinski definition) is 2. The number of rotatable bonds is 10. The molecule has 0 fully saturated rings. The molecule has 2 amide bonds. The molecule has 0 saturated heterocycles. The quantitative estimate of drug-likeness (QED) is 0.609. The van der Waals surface area contributed by atoms with E-state index in [1.807, 2.05) is 61.8 Å². The van der Waals surface area contributed by atoms with Gasteiger partial charge in [-0.15, -0.1) is 0 Å². The van der Waals surface area contributed by atoms with E-state index in [-0.39, 0.29) is 11.8 Å². The lowest BCUT2D eigenvalue weighted by molar-refractivity contribution is -0.130. The second-order valence-corrected chi connectivity index (χ2v) is 7.30. The summed E-state index contributed by atoms with van der Waals surface area (Å²) >= 11 is 0. The van der Waals surface area contributed by atoms with Crippen LogP contribution in [0.15, 0.2) is 48.5 Å². The van der Waals surface area contributed by atoms with Crippen LogP contribution in [0.3, 0.4) is 0 Å². The van der Waals surface area contributed by atoms with E-state index in [4.69, 9.17) is 0 Å². The molecule has 0 aliphatic rings. The number of carbonyl (C=O) groups excluding carboxylic acids is 2. The van der Waals surface area contributed by atoms with E-state index in [0.717, 1.165) is 43.7 Å². The SMILES string of the molecule is CCN(CC)C(=O)Cc1ccc(Cc2ccc(CC(=O)N(CC)CC)cc2)cc1. The molecular formula is C25H34N2O2. The Balaban J connectivity index is 1.93. The Hall–Kier alpha value is -2.62. The number of hydrogen-bond donors (Lipinski definition) is 0. The Morgan fingerprint density at radius 2 is 0.828 bits per heavy atom. The van der Waals surface area contributed by atoms with E-state index in [2.05, 4.69) is 24.3 Å². The molecule has 156 valence electrons. The van der Waals surface area contributed by atoms with Crippen LogP contribution in [0.1, 0.15) is 49.9 Å². The van der Waals surface area contributed by atoms with Gasteiger partial charge in [0.2, 0.25) is 11.8 Å². The summed E-state index contributed by atoms with van der Waals surface area (Å²) in [6.45, 7) is 11.1. The van der Waals surface area contributed by atoms with Crippen LogP contribution in [-0.4, -0.2) is 47.8 Å². The molecule has 29 heavy (non-hydrogen) atoms. The lowest BCUT2D eigenvalue weighted by Crippen LogP contribution is -2.31. The third kappa shape index (κ3) is 6.74. The summed E-state index contributed by atoms with van der Waals surface area (Å²) in [5, 5.41) is 0. The lowest BCUT2D eigenvalue weighted by Gasteiger charge is -2.18. The van der Waals surface area contributed by atoms with Crippen molar-refractivity contribution in [3.63, 3.8) is 0 Å². The van der Waals surface area contributed by atoms with Gasteiger partial charge in [0.05, 0.1) is 12.8 Å². The predicted molar refractivity (Wildman–Crippen MR) is 119 cm³/mol. The smallest absolute Gasteiger partial charge is 0.226 e. The Morgan fingerprint density at radius 1 is 0.552 bits per heavy atom. The van der Waals surface area contributed by atoms with Gasteiger partial charge in [-0.25, -0.2) is 0 Å². The predicted octanol–water partition coefficient (Wildman–Crippen LogP) is 4.10. The fourth-order valence-electron chi connectivity index (χ4n) is 3.51. The van der Waals surface area contributed by atoms with Gasteiger partial charge in [-0.3, -0.25) is 9.59 Å². The summed E-state index contributed by atoms with van der Waals surface area (Å²) in [5.41, 5.74) is 4.54. The van der Waals surface area contributed by atoms with Gasteiger partial charge in [-0.05, 0) is 56.4 Å². The summed E-state index contributed by atoms with van der Waals surface area (Å²) in [7, 11) is 0. The monoisotopic (exact) mass is 394 g/mol. The van der Waals surface area contributed by atoms with Crippen molar-refractivity contribution in [1.82, 2.24) is 9.80 Å². The topological polar surface area (TPSA) is 40.6 Å². The fourth-order valence-corrected chi connectivity index (χ4v) is 3.51. The minimum atomic E-state index is 0.178. The first-order chi connectivity index (χ1) is 14.0. The zero-order valence-electron chi connectivity index (χ0n) is 18.3. The van der Waals surface area contributed by atoms with Crippen LogP contribution >= 0.6 is 0 Å². The molecule has 0 bridgehead atoms. The molecule has 0 spiro atoms. The first-order valence-electron chi connectivity index (χ1n) is 10.7. The number of amides is 2. The van der Waals surface area contributed by atoms with Crippen molar-refractivity contribution in [3.8, 4) is 0 Å². The van der Waals surface area contributed by atoms with Crippen molar-refractivity contribution >= 4 is 11.8 Å². The molecule has 0 saturated carbocycles. The molecule has 2 aromatic carbocycles. The van der Waals surface area contributed by atoms with Crippen molar-refractivity contribution in [2.75, 3.05) is 26.2 Å². The van der Waals surface area contributed by atoms with Gasteiger partial charge in [-0.2, -0.15) is 0 Å². The molecule has 4 heteroatoms. The summed E-state index contributed by atoms with van der Waals surface area (Å²) in [6, 6.07) is 16.6. The third-order valence-electron chi connectivity index (χ3n) is 5.40. The highest BCUT2D eigenvalue weighted by Gasteiger charge is 2.11. The number of nitrogens with zero attached hydrogens (tertiary/aromatic N) is 2. The van der Waals surface area contributed by atoms with Crippen molar-refractivity contribution in [2.24, 2.45) is 0 Å². The second kappa shape index (κ2) is 11.4. The number of likely N-dealkylation sites (N-methyl/N-ethyl adjacent to an activating group) is 2. The van der Waals surface area contributed by atoms with E-state index in [9.17, 15) is 9.59 Å². The highest BCUT2D eigenvalue weighted by atomic mass is 16.2. The van der Waals surface area contributed by atoms with E-state index in [1.165, 1.54) is 11.1 Å². The molecule has 2 rings (SSSR count). The largest absolute Gasteiger partial charge is 0.343 e. The maximum atomic E-state index is 12.2. The molecule has 0 unspecified atom stereocenters. The summed E-state index contributed by atoms with van der Waals surface area (Å²) in [6.07, 6.45) is 1.75. The van der Waals surface area contributed by atoms with E-state index < -0.39 is 0 Å². The molecule has 0 N–H and O–H groups in total. The fraction of sp³-hybridized carbons (Fsp3) is 0.440. The third-order valence-corrected chi connectivity index (χ3v) is 5.40. The Labute approximate surface area is 175 Å². The minimum absolute atomic E-state index is 0.178. The van der Waals surface area contributed by atoms with Crippen molar-refractivity contribution in [2.45, 2.75) is 47.0 Å². The van der Waals surface area contributed by atoms with Crippen LogP contribution in [0, 0.1) is 0 Å². The van der Waals surface area contributed by atoms with Crippen LogP contribution in [0.4, 0.5) is 0 Å². The van der Waals surface area contributed by atoms with Gasteiger partial charge < -0.3 is 9.80 Å². The first kappa shape index (κ1) is 22.7. The van der Waals surface area contributed by atoms with E-state index in [1.54, 1.807) is 0 Å². The van der Waals surface area contributed by atoms with Crippen LogP contribution in [-0.2, 0) is 28.9 Å². The zero-order chi connectivity index (χ0) is 21.2. The van der Waals surface area contributed by atoms with Gasteiger partial charge >= 0.3 is 0 Å². The number of benzene rings is 2. The number of carbonyl (C=O) groups is 2. The van der Waals surface area contributed by atoms with Crippen LogP contribution in [0.5, 0.6) is 0 Å². The molecule has 0 aromatic heterocycles. The van der Waals surface area contributed by atoms with Gasteiger partial charge in [0, 0.05) is 26.2 Å². The van der Waals surface area contributed by atoms with Crippen molar-refractivity contribution in [3.05, 3.63) is 70.8 Å². The standard InChI is InChI=1S/C25H34N2O2/c1-5-26(6-2)24(28)18-22-13-9-20(10-14-22)17-21-11-15-23(16-12-21)19-25(29)27(7-3)8-4/h9-16H,5-8,17-19H2,1-4H3. The average molecular weight is 395 g/mol. The second-order valence-electron chi connectivity index (χ2n) is 7.30. The van der Waals surface area contributed by atoms with E-state index in [0.29, 0.717) is 12.8 Å². The van der Waals surface area contributed by atoms with Crippen LogP contribution in [0.2, 0.25) is 0 Å². The molecule has 0 aliphatic carbocycles. The summed E-state index contributed by atoms with van der Waals surface area (Å²) in [5.74, 6) is 0.357. The Morgan fingerprint density at radius 3 is 1.10 bits per heavy atom. The lowest BCUT2D eigenvalue weighted by atomic mass is 10.0. The minimum Gasteiger partial charge on any atom is -0.343 e. The van der Waals surface area contributed by atoms with Crippen LogP contribution in [0.25, 0.3) is 0 Å². The summed E-state index contributed by atoms with van der Waals surface area (Å²) in [4.78, 5) is 28.2. The van der Waals surface area contributed by atoms with Gasteiger partial charge in [-0.1, -0.05) is 48.5 Å². The molecule has 0 aliphatic heterocycles. The molecule has 2 aromatic rings. The first-order valence-corrected chi connectivity index (χ1v) is 10.7. The summed E-state index contributed by atoms with van der Waals surface area (Å²) < 4.78 is 0.